The summed E-state index contributed by atoms with van der Waals surface area (Å²) >= 11 is 0. The Hall–Kier alpha value is -3.41. The highest BCUT2D eigenvalue weighted by Crippen LogP contribution is 2.27. The minimum atomic E-state index is 0.503. The molecule has 0 saturated carbocycles. The van der Waals surface area contributed by atoms with E-state index in [9.17, 15) is 0 Å². The van der Waals surface area contributed by atoms with Gasteiger partial charge >= 0.3 is 0 Å². The molecule has 0 aliphatic rings. The molecular formula is C17H14N6. The molecule has 6 heteroatoms. The number of hydrogen-bond acceptors (Lipinski definition) is 5. The third-order valence-electron chi connectivity index (χ3n) is 3.61. The molecule has 1 aromatic carbocycles. The number of pyridine rings is 2. The predicted molar refractivity (Wildman–Crippen MR) is 91.3 cm³/mol. The molecule has 23 heavy (non-hydrogen) atoms. The average molecular weight is 302 g/mol. The highest BCUT2D eigenvalue weighted by Gasteiger charge is 2.06. The number of nitrogens with two attached hydrogens (primary N) is 1. The molecule has 6 nitrogen and oxygen atoms in total. The van der Waals surface area contributed by atoms with E-state index >= 15 is 0 Å². The normalized spacial score (nSPS) is 10.8. The number of anilines is 3. The fraction of sp³-hybridized carbons (Fsp3) is 0. The van der Waals surface area contributed by atoms with Crippen LogP contribution in [-0.2, 0) is 0 Å². The summed E-state index contributed by atoms with van der Waals surface area (Å²) in [6.45, 7) is 0. The monoisotopic (exact) mass is 302 g/mol. The largest absolute Gasteiger partial charge is 0.382 e. The molecule has 3 heterocycles. The van der Waals surface area contributed by atoms with Crippen LogP contribution in [0.15, 0.2) is 60.9 Å². The lowest BCUT2D eigenvalue weighted by atomic mass is 10.0. The maximum absolute atomic E-state index is 5.88. The van der Waals surface area contributed by atoms with Gasteiger partial charge in [0.2, 0.25) is 0 Å². The van der Waals surface area contributed by atoms with Gasteiger partial charge in [0, 0.05) is 17.8 Å². The highest BCUT2D eigenvalue weighted by molar-refractivity contribution is 5.92. The first-order valence-corrected chi connectivity index (χ1v) is 7.18. The molecule has 0 radical (unpaired) electrons. The van der Waals surface area contributed by atoms with Gasteiger partial charge in [-0.05, 0) is 47.5 Å². The molecule has 4 rings (SSSR count). The van der Waals surface area contributed by atoms with Crippen molar-refractivity contribution >= 4 is 28.4 Å². The minimum absolute atomic E-state index is 0.503. The quantitative estimate of drug-likeness (QED) is 0.539. The van der Waals surface area contributed by atoms with Crippen LogP contribution < -0.4 is 11.1 Å². The van der Waals surface area contributed by atoms with Crippen molar-refractivity contribution in [1.82, 2.24) is 20.2 Å². The fourth-order valence-electron chi connectivity index (χ4n) is 2.46. The molecule has 0 amide bonds. The van der Waals surface area contributed by atoms with Gasteiger partial charge in [0.1, 0.15) is 11.6 Å². The van der Waals surface area contributed by atoms with E-state index in [1.807, 2.05) is 48.5 Å². The number of rotatable bonds is 3. The zero-order valence-corrected chi connectivity index (χ0v) is 12.2. The Morgan fingerprint density at radius 2 is 1.74 bits per heavy atom. The van der Waals surface area contributed by atoms with Crippen LogP contribution >= 0.6 is 0 Å². The van der Waals surface area contributed by atoms with Gasteiger partial charge in [-0.1, -0.05) is 12.1 Å². The first-order valence-electron chi connectivity index (χ1n) is 7.18. The van der Waals surface area contributed by atoms with Crippen LogP contribution in [-0.4, -0.2) is 20.2 Å². The molecule has 0 spiro atoms. The number of benzene rings is 1. The van der Waals surface area contributed by atoms with Gasteiger partial charge < -0.3 is 11.1 Å². The Morgan fingerprint density at radius 1 is 0.870 bits per heavy atom. The van der Waals surface area contributed by atoms with Gasteiger partial charge in [0.05, 0.1) is 5.52 Å². The summed E-state index contributed by atoms with van der Waals surface area (Å²) in [5.41, 5.74) is 8.90. The summed E-state index contributed by atoms with van der Waals surface area (Å²) in [4.78, 5) is 8.58. The summed E-state index contributed by atoms with van der Waals surface area (Å²) < 4.78 is 0. The SMILES string of the molecule is Nc1n[nH]c2ccc(-c3ccnc(Nc4ccccn4)c3)cc12. The average Bonchev–Trinajstić information content (AvgIpc) is 2.97. The molecule has 4 N–H and O–H groups in total. The van der Waals surface area contributed by atoms with Crippen molar-refractivity contribution < 1.29 is 0 Å². The van der Waals surface area contributed by atoms with Gasteiger partial charge in [0.25, 0.3) is 0 Å². The summed E-state index contributed by atoms with van der Waals surface area (Å²) in [6.07, 6.45) is 3.51. The Balaban J connectivity index is 1.70. The summed E-state index contributed by atoms with van der Waals surface area (Å²) in [7, 11) is 0. The molecule has 0 aliphatic heterocycles. The highest BCUT2D eigenvalue weighted by atomic mass is 15.1. The maximum atomic E-state index is 5.88. The smallest absolute Gasteiger partial charge is 0.153 e. The number of nitrogens with one attached hydrogen (secondary N) is 2. The molecule has 112 valence electrons. The van der Waals surface area contributed by atoms with E-state index in [1.165, 1.54) is 0 Å². The van der Waals surface area contributed by atoms with Crippen molar-refractivity contribution in [2.24, 2.45) is 0 Å². The Bertz CT molecular complexity index is 961. The van der Waals surface area contributed by atoms with Crippen molar-refractivity contribution in [2.75, 3.05) is 11.1 Å². The minimum Gasteiger partial charge on any atom is -0.382 e. The fourth-order valence-corrected chi connectivity index (χ4v) is 2.46. The van der Waals surface area contributed by atoms with E-state index in [4.69, 9.17) is 5.73 Å². The lowest BCUT2D eigenvalue weighted by Crippen LogP contribution is -1.95. The molecule has 0 fully saturated rings. The number of hydrogen-bond donors (Lipinski definition) is 3. The van der Waals surface area contributed by atoms with Crippen molar-refractivity contribution in [3.8, 4) is 11.1 Å². The van der Waals surface area contributed by atoms with Crippen LogP contribution in [0.1, 0.15) is 0 Å². The van der Waals surface area contributed by atoms with Crippen molar-refractivity contribution in [1.29, 1.82) is 0 Å². The second-order valence-corrected chi connectivity index (χ2v) is 5.14. The van der Waals surface area contributed by atoms with Crippen LogP contribution in [0, 0.1) is 0 Å². The van der Waals surface area contributed by atoms with E-state index in [0.29, 0.717) is 5.82 Å². The third kappa shape index (κ3) is 2.57. The van der Waals surface area contributed by atoms with Gasteiger partial charge in [-0.2, -0.15) is 5.10 Å². The van der Waals surface area contributed by atoms with E-state index in [1.54, 1.807) is 12.4 Å². The zero-order valence-electron chi connectivity index (χ0n) is 12.2. The van der Waals surface area contributed by atoms with Gasteiger partial charge in [-0.3, -0.25) is 5.10 Å². The van der Waals surface area contributed by atoms with E-state index in [0.717, 1.165) is 33.7 Å². The Morgan fingerprint density at radius 3 is 2.61 bits per heavy atom. The summed E-state index contributed by atoms with van der Waals surface area (Å²) in [5.74, 6) is 2.00. The van der Waals surface area contributed by atoms with Crippen molar-refractivity contribution in [3.63, 3.8) is 0 Å². The lowest BCUT2D eigenvalue weighted by Gasteiger charge is -2.07. The Kier molecular flexibility index (Phi) is 3.12. The van der Waals surface area contributed by atoms with E-state index < -0.39 is 0 Å². The number of H-pyrrole nitrogens is 1. The van der Waals surface area contributed by atoms with Crippen molar-refractivity contribution in [3.05, 3.63) is 60.9 Å². The number of aromatic amines is 1. The number of nitrogen functional groups attached to an aromatic ring is 1. The Labute approximate surface area is 132 Å². The lowest BCUT2D eigenvalue weighted by molar-refractivity contribution is 1.13. The van der Waals surface area contributed by atoms with Gasteiger partial charge in [-0.25, -0.2) is 9.97 Å². The van der Waals surface area contributed by atoms with E-state index in [-0.39, 0.29) is 0 Å². The van der Waals surface area contributed by atoms with Crippen molar-refractivity contribution in [2.45, 2.75) is 0 Å². The molecule has 0 unspecified atom stereocenters. The maximum Gasteiger partial charge on any atom is 0.153 e. The topological polar surface area (TPSA) is 92.5 Å². The molecule has 0 atom stereocenters. The zero-order chi connectivity index (χ0) is 15.6. The molecule has 4 aromatic rings. The molecule has 3 aromatic heterocycles. The van der Waals surface area contributed by atoms with Crippen LogP contribution in [0.2, 0.25) is 0 Å². The van der Waals surface area contributed by atoms with Crippen LogP contribution in [0.5, 0.6) is 0 Å². The molecular weight excluding hydrogens is 288 g/mol. The number of nitrogens with zero attached hydrogens (tertiary/aromatic N) is 3. The first-order chi connectivity index (χ1) is 11.3. The second kappa shape index (κ2) is 5.42. The summed E-state index contributed by atoms with van der Waals surface area (Å²) in [5, 5.41) is 11.0. The number of fused-ring (bicyclic) bond motifs is 1. The number of aromatic nitrogens is 4. The summed E-state index contributed by atoms with van der Waals surface area (Å²) in [6, 6.07) is 15.7. The third-order valence-corrected chi connectivity index (χ3v) is 3.61. The standard InChI is InChI=1S/C17H14N6/c18-17-13-9-11(4-5-14(13)22-23-17)12-6-8-20-16(10-12)21-15-3-1-2-7-19-15/h1-10H,(H3,18,22,23)(H,19,20,21). The second-order valence-electron chi connectivity index (χ2n) is 5.14. The molecule has 0 aliphatic carbocycles. The van der Waals surface area contributed by atoms with Gasteiger partial charge in [-0.15, -0.1) is 0 Å². The van der Waals surface area contributed by atoms with Crippen LogP contribution in [0.3, 0.4) is 0 Å². The van der Waals surface area contributed by atoms with Crippen LogP contribution in [0.25, 0.3) is 22.0 Å². The van der Waals surface area contributed by atoms with Crippen LogP contribution in [0.4, 0.5) is 17.5 Å². The predicted octanol–water partition coefficient (Wildman–Crippen LogP) is 3.35. The van der Waals surface area contributed by atoms with Gasteiger partial charge in [0.15, 0.2) is 5.82 Å². The molecule has 0 saturated heterocycles. The first kappa shape index (κ1) is 13.3. The van der Waals surface area contributed by atoms with E-state index in [2.05, 4.69) is 25.5 Å². The molecule has 0 bridgehead atoms.